The summed E-state index contributed by atoms with van der Waals surface area (Å²) in [6.45, 7) is 7.35. The van der Waals surface area contributed by atoms with E-state index in [4.69, 9.17) is 4.74 Å². The van der Waals surface area contributed by atoms with Gasteiger partial charge in [0.2, 0.25) is 0 Å². The van der Waals surface area contributed by atoms with Crippen LogP contribution in [0, 0.1) is 12.3 Å². The number of carbonyl (C=O) groups is 2. The van der Waals surface area contributed by atoms with E-state index in [2.05, 4.69) is 5.32 Å². The second kappa shape index (κ2) is 10.6. The quantitative estimate of drug-likeness (QED) is 0.340. The molecule has 3 rings (SSSR count). The van der Waals surface area contributed by atoms with Crippen LogP contribution in [0.25, 0.3) is 10.8 Å². The second-order valence-corrected chi connectivity index (χ2v) is 9.63. The summed E-state index contributed by atoms with van der Waals surface area (Å²) < 4.78 is 44.7. The third kappa shape index (κ3) is 6.17. The van der Waals surface area contributed by atoms with Crippen molar-refractivity contribution in [3.63, 3.8) is 0 Å². The van der Waals surface area contributed by atoms with Crippen LogP contribution in [0.1, 0.15) is 60.7 Å². The Kier molecular flexibility index (Phi) is 7.96. The van der Waals surface area contributed by atoms with Gasteiger partial charge in [-0.3, -0.25) is 4.79 Å². The summed E-state index contributed by atoms with van der Waals surface area (Å²) in [5, 5.41) is 13.9. The van der Waals surface area contributed by atoms with E-state index in [9.17, 15) is 27.9 Å². The number of alkyl halides is 3. The van der Waals surface area contributed by atoms with Gasteiger partial charge in [0.05, 0.1) is 11.1 Å². The molecule has 5 nitrogen and oxygen atoms in total. The summed E-state index contributed by atoms with van der Waals surface area (Å²) in [5.41, 5.74) is 0.115. The zero-order valence-corrected chi connectivity index (χ0v) is 20.7. The number of ether oxygens (including phenoxy) is 1. The molecule has 0 spiro atoms. The Morgan fingerprint density at radius 1 is 1.03 bits per heavy atom. The Labute approximate surface area is 208 Å². The summed E-state index contributed by atoms with van der Waals surface area (Å²) in [6.07, 6.45) is -3.09. The van der Waals surface area contributed by atoms with Crippen LogP contribution in [0.5, 0.6) is 5.75 Å². The fraction of sp³-hybridized carbons (Fsp3) is 0.357. The number of fused-ring (bicyclic) bond motifs is 1. The van der Waals surface area contributed by atoms with Crippen LogP contribution in [0.15, 0.2) is 54.6 Å². The predicted molar refractivity (Wildman–Crippen MR) is 132 cm³/mol. The molecule has 3 aromatic rings. The minimum absolute atomic E-state index is 0.0742. The maximum atomic E-state index is 13.3. The topological polar surface area (TPSA) is 75.6 Å². The first kappa shape index (κ1) is 27.0. The molecule has 36 heavy (non-hydrogen) atoms. The fourth-order valence-corrected chi connectivity index (χ4v) is 4.27. The predicted octanol–water partition coefficient (Wildman–Crippen LogP) is 6.76. The van der Waals surface area contributed by atoms with Gasteiger partial charge in [0, 0.05) is 5.39 Å². The third-order valence-corrected chi connectivity index (χ3v) is 6.23. The molecule has 0 radical (unpaired) electrons. The van der Waals surface area contributed by atoms with Crippen LogP contribution in [0.4, 0.5) is 13.2 Å². The first-order valence-corrected chi connectivity index (χ1v) is 11.7. The summed E-state index contributed by atoms with van der Waals surface area (Å²) in [5.74, 6) is -1.49. The monoisotopic (exact) mass is 501 g/mol. The van der Waals surface area contributed by atoms with Crippen molar-refractivity contribution in [2.24, 2.45) is 5.41 Å². The van der Waals surface area contributed by atoms with Gasteiger partial charge in [-0.25, -0.2) is 4.79 Å². The molecule has 8 heteroatoms. The lowest BCUT2D eigenvalue weighted by Gasteiger charge is -2.32. The lowest BCUT2D eigenvalue weighted by atomic mass is 9.80. The third-order valence-electron chi connectivity index (χ3n) is 6.23. The van der Waals surface area contributed by atoms with E-state index in [1.165, 1.54) is 12.1 Å². The number of amides is 1. The second-order valence-electron chi connectivity index (χ2n) is 9.63. The maximum absolute atomic E-state index is 13.3. The minimum Gasteiger partial charge on any atom is -0.487 e. The SMILES string of the molecule is CCCC(C)(C)[C@H](NC(=O)c1ccc2ccc(C)cc2c1OCc1ccc(C(F)(F)F)cc1)C(=O)O. The molecule has 1 atom stereocenters. The summed E-state index contributed by atoms with van der Waals surface area (Å²) in [7, 11) is 0. The number of hydrogen-bond acceptors (Lipinski definition) is 3. The van der Waals surface area contributed by atoms with E-state index in [1.54, 1.807) is 26.0 Å². The molecule has 0 bridgehead atoms. The first-order chi connectivity index (χ1) is 16.8. The van der Waals surface area contributed by atoms with Crippen LogP contribution < -0.4 is 10.1 Å². The molecule has 0 saturated carbocycles. The Morgan fingerprint density at radius 2 is 1.67 bits per heavy atom. The number of carbonyl (C=O) groups excluding carboxylic acids is 1. The molecule has 0 aliphatic heterocycles. The molecular weight excluding hydrogens is 471 g/mol. The molecule has 0 aromatic heterocycles. The van der Waals surface area contributed by atoms with Gasteiger partial charge >= 0.3 is 12.1 Å². The number of rotatable bonds is 9. The number of nitrogens with one attached hydrogen (secondary N) is 1. The number of carboxylic acid groups (broad SMARTS) is 1. The highest BCUT2D eigenvalue weighted by molar-refractivity contribution is 6.05. The number of carboxylic acids is 1. The lowest BCUT2D eigenvalue weighted by Crippen LogP contribution is -2.50. The Bertz CT molecular complexity index is 1250. The molecule has 0 heterocycles. The van der Waals surface area contributed by atoms with E-state index in [0.717, 1.165) is 29.5 Å². The average Bonchev–Trinajstić information content (AvgIpc) is 2.80. The van der Waals surface area contributed by atoms with Crippen molar-refractivity contribution in [2.45, 2.75) is 59.4 Å². The van der Waals surface area contributed by atoms with Crippen molar-refractivity contribution < 1.29 is 32.6 Å². The summed E-state index contributed by atoms with van der Waals surface area (Å²) in [4.78, 5) is 25.4. The molecule has 2 N–H and O–H groups in total. The highest BCUT2D eigenvalue weighted by Crippen LogP contribution is 2.34. The number of halogens is 3. The molecule has 1 amide bonds. The van der Waals surface area contributed by atoms with Gasteiger partial charge in [-0.05, 0) is 54.0 Å². The maximum Gasteiger partial charge on any atom is 0.416 e. The van der Waals surface area contributed by atoms with Crippen LogP contribution in [0.2, 0.25) is 0 Å². The van der Waals surface area contributed by atoms with Crippen molar-refractivity contribution in [1.82, 2.24) is 5.32 Å². The van der Waals surface area contributed by atoms with E-state index in [1.807, 2.05) is 32.0 Å². The Balaban J connectivity index is 1.97. The molecule has 192 valence electrons. The number of benzene rings is 3. The normalized spacial score (nSPS) is 12.9. The number of hydrogen-bond donors (Lipinski definition) is 2. The molecule has 0 fully saturated rings. The van der Waals surface area contributed by atoms with Gasteiger partial charge in [-0.15, -0.1) is 0 Å². The average molecular weight is 502 g/mol. The fourth-order valence-electron chi connectivity index (χ4n) is 4.27. The zero-order chi connectivity index (χ0) is 26.7. The van der Waals surface area contributed by atoms with E-state index in [0.29, 0.717) is 17.4 Å². The highest BCUT2D eigenvalue weighted by Gasteiger charge is 2.36. The summed E-state index contributed by atoms with van der Waals surface area (Å²) >= 11 is 0. The molecule has 0 aliphatic rings. The Morgan fingerprint density at radius 3 is 2.25 bits per heavy atom. The molecular formula is C28H30F3NO4. The van der Waals surface area contributed by atoms with Crippen LogP contribution in [-0.2, 0) is 17.6 Å². The van der Waals surface area contributed by atoms with Gasteiger partial charge in [0.25, 0.3) is 5.91 Å². The molecule has 3 aromatic carbocycles. The smallest absolute Gasteiger partial charge is 0.416 e. The van der Waals surface area contributed by atoms with Crippen molar-refractivity contribution >= 4 is 22.6 Å². The van der Waals surface area contributed by atoms with Crippen LogP contribution in [-0.4, -0.2) is 23.0 Å². The minimum atomic E-state index is -4.44. The van der Waals surface area contributed by atoms with Gasteiger partial charge in [0.1, 0.15) is 18.4 Å². The van der Waals surface area contributed by atoms with Gasteiger partial charge in [0.15, 0.2) is 0 Å². The highest BCUT2D eigenvalue weighted by atomic mass is 19.4. The van der Waals surface area contributed by atoms with E-state index >= 15 is 0 Å². The first-order valence-electron chi connectivity index (χ1n) is 11.7. The van der Waals surface area contributed by atoms with Crippen LogP contribution in [0.3, 0.4) is 0 Å². The van der Waals surface area contributed by atoms with Gasteiger partial charge < -0.3 is 15.2 Å². The summed E-state index contributed by atoms with van der Waals surface area (Å²) in [6, 6.07) is 12.4. The lowest BCUT2D eigenvalue weighted by molar-refractivity contribution is -0.142. The largest absolute Gasteiger partial charge is 0.487 e. The van der Waals surface area contributed by atoms with E-state index < -0.39 is 35.1 Å². The molecule has 0 unspecified atom stereocenters. The molecule has 0 aliphatic carbocycles. The molecule has 0 saturated heterocycles. The van der Waals surface area contributed by atoms with E-state index in [-0.39, 0.29) is 17.9 Å². The Hall–Kier alpha value is -3.55. The van der Waals surface area contributed by atoms with Crippen LogP contribution >= 0.6 is 0 Å². The van der Waals surface area contributed by atoms with Crippen molar-refractivity contribution in [3.8, 4) is 5.75 Å². The standard InChI is InChI=1S/C28H30F3NO4/c1-5-14-27(3,4)24(26(34)35)32-25(33)21-13-10-19-9-6-17(2)15-22(19)23(21)36-16-18-7-11-20(12-8-18)28(29,30)31/h6-13,15,24H,5,14,16H2,1-4H3,(H,32,33)(H,34,35)/t24-/m1/s1. The van der Waals surface area contributed by atoms with Gasteiger partial charge in [-0.2, -0.15) is 13.2 Å². The number of aryl methyl sites for hydroxylation is 1. The zero-order valence-electron chi connectivity index (χ0n) is 20.7. The van der Waals surface area contributed by atoms with Gasteiger partial charge in [-0.1, -0.05) is 63.1 Å². The number of aliphatic carboxylic acids is 1. The van der Waals surface area contributed by atoms with Crippen molar-refractivity contribution in [1.29, 1.82) is 0 Å². The van der Waals surface area contributed by atoms with Crippen molar-refractivity contribution in [3.05, 3.63) is 76.9 Å². The van der Waals surface area contributed by atoms with Crippen molar-refractivity contribution in [2.75, 3.05) is 0 Å².